The van der Waals surface area contributed by atoms with E-state index < -0.39 is 30.7 Å². The van der Waals surface area contributed by atoms with E-state index in [0.717, 1.165) is 31.8 Å². The first kappa shape index (κ1) is 27.0. The number of carbonyl (C=O) groups is 1. The molecule has 0 spiro atoms. The molecule has 1 amide bonds. The Bertz CT molecular complexity index is 1100. The summed E-state index contributed by atoms with van der Waals surface area (Å²) in [5, 5.41) is 16.1. The fourth-order valence-electron chi connectivity index (χ4n) is 3.26. The van der Waals surface area contributed by atoms with Gasteiger partial charge in [-0.2, -0.15) is 4.98 Å². The summed E-state index contributed by atoms with van der Waals surface area (Å²) in [7, 11) is 0. The van der Waals surface area contributed by atoms with Gasteiger partial charge in [0.15, 0.2) is 0 Å². The normalized spacial score (nSPS) is 12.4. The Morgan fingerprint density at radius 1 is 1.08 bits per heavy atom. The standard InChI is InChI=1S/C24H27F3N4O5/c1-3-31(4-2)13-14-34-18-9-7-17(8-10-18)22(33)28-20(15-32)23-29-21(30-36-23)16-5-11-19(12-6-16)35-24(25,26)27/h5-12,20,32H,3-4,13-15H2,1-2H3,(H,28,33)/t20-/m0/s1. The Balaban J connectivity index is 1.59. The molecule has 1 aromatic heterocycles. The van der Waals surface area contributed by atoms with Crippen LogP contribution in [0.5, 0.6) is 11.5 Å². The Morgan fingerprint density at radius 3 is 2.31 bits per heavy atom. The van der Waals surface area contributed by atoms with E-state index >= 15 is 0 Å². The molecule has 3 rings (SSSR count). The highest BCUT2D eigenvalue weighted by Gasteiger charge is 2.31. The number of aliphatic hydroxyl groups excluding tert-OH is 1. The van der Waals surface area contributed by atoms with E-state index in [4.69, 9.17) is 9.26 Å². The number of halogens is 3. The summed E-state index contributed by atoms with van der Waals surface area (Å²) in [4.78, 5) is 19.0. The molecular weight excluding hydrogens is 481 g/mol. The number of ether oxygens (including phenoxy) is 2. The molecule has 2 aromatic carbocycles. The number of alkyl halides is 3. The number of nitrogens with zero attached hydrogens (tertiary/aromatic N) is 3. The van der Waals surface area contributed by atoms with E-state index in [2.05, 4.69) is 38.9 Å². The Morgan fingerprint density at radius 2 is 1.72 bits per heavy atom. The van der Waals surface area contributed by atoms with Crippen LogP contribution in [0.25, 0.3) is 11.4 Å². The molecule has 12 heteroatoms. The molecule has 3 aromatic rings. The van der Waals surface area contributed by atoms with Gasteiger partial charge in [-0.15, -0.1) is 13.2 Å². The van der Waals surface area contributed by atoms with E-state index in [9.17, 15) is 23.1 Å². The van der Waals surface area contributed by atoms with E-state index in [1.165, 1.54) is 12.1 Å². The predicted molar refractivity (Wildman–Crippen MR) is 123 cm³/mol. The number of amides is 1. The molecule has 194 valence electrons. The van der Waals surface area contributed by atoms with Crippen LogP contribution in [-0.2, 0) is 0 Å². The molecule has 0 aliphatic carbocycles. The van der Waals surface area contributed by atoms with Gasteiger partial charge < -0.3 is 29.3 Å². The Kier molecular flexibility index (Phi) is 9.25. The molecule has 0 saturated heterocycles. The average molecular weight is 508 g/mol. The first-order valence-corrected chi connectivity index (χ1v) is 11.3. The molecule has 0 aliphatic heterocycles. The number of hydrogen-bond acceptors (Lipinski definition) is 8. The molecule has 0 bridgehead atoms. The van der Waals surface area contributed by atoms with Gasteiger partial charge in [-0.05, 0) is 61.6 Å². The second-order valence-corrected chi connectivity index (χ2v) is 7.64. The highest BCUT2D eigenvalue weighted by Crippen LogP contribution is 2.26. The van der Waals surface area contributed by atoms with Crippen LogP contribution in [0.4, 0.5) is 13.2 Å². The first-order chi connectivity index (χ1) is 17.2. The topological polar surface area (TPSA) is 110 Å². The molecule has 1 heterocycles. The minimum absolute atomic E-state index is 0.0622. The lowest BCUT2D eigenvalue weighted by atomic mass is 10.2. The fraction of sp³-hybridized carbons (Fsp3) is 0.375. The Hall–Kier alpha value is -3.64. The summed E-state index contributed by atoms with van der Waals surface area (Å²) in [5.74, 6) is -0.228. The molecule has 36 heavy (non-hydrogen) atoms. The zero-order valence-electron chi connectivity index (χ0n) is 19.8. The summed E-state index contributed by atoms with van der Waals surface area (Å²) in [5.41, 5.74) is 0.698. The number of nitrogens with one attached hydrogen (secondary N) is 1. The fourth-order valence-corrected chi connectivity index (χ4v) is 3.26. The number of likely N-dealkylation sites (N-methyl/N-ethyl adjacent to an activating group) is 1. The van der Waals surface area contributed by atoms with Crippen LogP contribution in [0.3, 0.4) is 0 Å². The number of aromatic nitrogens is 2. The van der Waals surface area contributed by atoms with Crippen molar-refractivity contribution in [3.63, 3.8) is 0 Å². The summed E-state index contributed by atoms with van der Waals surface area (Å²) in [6.07, 6.45) is -4.80. The van der Waals surface area contributed by atoms with Crippen LogP contribution in [-0.4, -0.2) is 65.3 Å². The smallest absolute Gasteiger partial charge is 0.492 e. The third kappa shape index (κ3) is 7.68. The third-order valence-electron chi connectivity index (χ3n) is 5.26. The second kappa shape index (κ2) is 12.4. The lowest BCUT2D eigenvalue weighted by Gasteiger charge is -2.18. The van der Waals surface area contributed by atoms with Gasteiger partial charge in [-0.1, -0.05) is 19.0 Å². The van der Waals surface area contributed by atoms with Gasteiger partial charge >= 0.3 is 6.36 Å². The van der Waals surface area contributed by atoms with Crippen molar-refractivity contribution in [2.24, 2.45) is 0 Å². The maximum absolute atomic E-state index is 12.6. The van der Waals surface area contributed by atoms with E-state index in [0.29, 0.717) is 23.5 Å². The first-order valence-electron chi connectivity index (χ1n) is 11.3. The zero-order chi connectivity index (χ0) is 26.1. The molecule has 0 saturated carbocycles. The molecule has 0 unspecified atom stereocenters. The predicted octanol–water partition coefficient (Wildman–Crippen LogP) is 3.82. The SMILES string of the molecule is CCN(CC)CCOc1ccc(C(=O)N[C@@H](CO)c2nc(-c3ccc(OC(F)(F)F)cc3)no2)cc1. The van der Waals surface area contributed by atoms with Crippen molar-refractivity contribution in [3.05, 3.63) is 60.0 Å². The van der Waals surface area contributed by atoms with Gasteiger partial charge in [0.1, 0.15) is 24.1 Å². The van der Waals surface area contributed by atoms with Crippen LogP contribution < -0.4 is 14.8 Å². The average Bonchev–Trinajstić information content (AvgIpc) is 3.35. The molecule has 0 radical (unpaired) electrons. The number of aliphatic hydroxyl groups is 1. The summed E-state index contributed by atoms with van der Waals surface area (Å²) < 4.78 is 51.6. The van der Waals surface area contributed by atoms with Gasteiger partial charge in [0.25, 0.3) is 11.8 Å². The number of hydrogen-bond donors (Lipinski definition) is 2. The molecule has 1 atom stereocenters. The van der Waals surface area contributed by atoms with Gasteiger partial charge in [0, 0.05) is 17.7 Å². The van der Waals surface area contributed by atoms with Crippen molar-refractivity contribution >= 4 is 5.91 Å². The quantitative estimate of drug-likeness (QED) is 0.380. The lowest BCUT2D eigenvalue weighted by molar-refractivity contribution is -0.274. The van der Waals surface area contributed by atoms with Gasteiger partial charge in [0.05, 0.1) is 6.61 Å². The van der Waals surface area contributed by atoms with Gasteiger partial charge in [0.2, 0.25) is 5.82 Å². The van der Waals surface area contributed by atoms with E-state index in [1.54, 1.807) is 24.3 Å². The molecule has 0 fully saturated rings. The second-order valence-electron chi connectivity index (χ2n) is 7.64. The monoisotopic (exact) mass is 508 g/mol. The molecular formula is C24H27F3N4O5. The van der Waals surface area contributed by atoms with Crippen LogP contribution in [0.15, 0.2) is 53.1 Å². The van der Waals surface area contributed by atoms with Crippen molar-refractivity contribution < 1.29 is 37.1 Å². The third-order valence-corrected chi connectivity index (χ3v) is 5.26. The maximum Gasteiger partial charge on any atom is 0.573 e. The van der Waals surface area contributed by atoms with Crippen LogP contribution in [0.2, 0.25) is 0 Å². The zero-order valence-corrected chi connectivity index (χ0v) is 19.8. The lowest BCUT2D eigenvalue weighted by Crippen LogP contribution is -2.31. The molecule has 9 nitrogen and oxygen atoms in total. The van der Waals surface area contributed by atoms with Gasteiger partial charge in [-0.3, -0.25) is 4.79 Å². The number of rotatable bonds is 12. The minimum Gasteiger partial charge on any atom is -0.492 e. The van der Waals surface area contributed by atoms with Gasteiger partial charge in [-0.25, -0.2) is 0 Å². The maximum atomic E-state index is 12.6. The van der Waals surface area contributed by atoms with E-state index in [1.807, 2.05) is 0 Å². The minimum atomic E-state index is -4.80. The van der Waals surface area contributed by atoms with Crippen molar-refractivity contribution in [2.75, 3.05) is 32.8 Å². The van der Waals surface area contributed by atoms with Crippen LogP contribution in [0.1, 0.15) is 36.1 Å². The van der Waals surface area contributed by atoms with Crippen molar-refractivity contribution in [1.29, 1.82) is 0 Å². The summed E-state index contributed by atoms with van der Waals surface area (Å²) in [6.45, 7) is 6.85. The highest BCUT2D eigenvalue weighted by atomic mass is 19.4. The van der Waals surface area contributed by atoms with Crippen LogP contribution in [0, 0.1) is 0 Å². The summed E-state index contributed by atoms with van der Waals surface area (Å²) in [6, 6.07) is 10.5. The number of carbonyl (C=O) groups excluding carboxylic acids is 1. The van der Waals surface area contributed by atoms with E-state index in [-0.39, 0.29) is 11.7 Å². The molecule has 0 aliphatic rings. The van der Waals surface area contributed by atoms with Crippen molar-refractivity contribution in [3.8, 4) is 22.9 Å². The Labute approximate surface area is 205 Å². The largest absolute Gasteiger partial charge is 0.573 e. The molecule has 2 N–H and O–H groups in total. The van der Waals surface area contributed by atoms with Crippen LogP contribution >= 0.6 is 0 Å². The van der Waals surface area contributed by atoms with Crippen molar-refractivity contribution in [2.45, 2.75) is 26.3 Å². The summed E-state index contributed by atoms with van der Waals surface area (Å²) >= 11 is 0. The van der Waals surface area contributed by atoms with Crippen molar-refractivity contribution in [1.82, 2.24) is 20.4 Å². The number of benzene rings is 2. The highest BCUT2D eigenvalue weighted by molar-refractivity contribution is 5.94.